The van der Waals surface area contributed by atoms with Crippen LogP contribution in [-0.4, -0.2) is 20.2 Å². The molecule has 0 radical (unpaired) electrons. The van der Waals surface area contributed by atoms with Gasteiger partial charge in [-0.25, -0.2) is 8.42 Å². The molecule has 4 aromatic rings. The molecule has 36 heavy (non-hydrogen) atoms. The molecule has 0 saturated heterocycles. The van der Waals surface area contributed by atoms with E-state index in [-0.39, 0.29) is 33.3 Å². The summed E-state index contributed by atoms with van der Waals surface area (Å²) in [5, 5.41) is 5.37. The number of aryl methyl sites for hydroxylation is 1. The summed E-state index contributed by atoms with van der Waals surface area (Å²) in [6.45, 7) is 2.02. The van der Waals surface area contributed by atoms with Gasteiger partial charge in [0.2, 0.25) is 0 Å². The van der Waals surface area contributed by atoms with Gasteiger partial charge in [-0.2, -0.15) is 0 Å². The van der Waals surface area contributed by atoms with Crippen LogP contribution < -0.4 is 15.4 Å². The molecule has 0 aliphatic heterocycles. The maximum Gasteiger partial charge on any atom is 0.263 e. The van der Waals surface area contributed by atoms with Gasteiger partial charge in [-0.1, -0.05) is 35.9 Å². The number of sulfonamides is 1. The highest BCUT2D eigenvalue weighted by molar-refractivity contribution is 7.92. The van der Waals surface area contributed by atoms with Crippen molar-refractivity contribution < 1.29 is 22.4 Å². The fraction of sp³-hybridized carbons (Fsp3) is 0.0769. The quantitative estimate of drug-likeness (QED) is 0.292. The summed E-state index contributed by atoms with van der Waals surface area (Å²) in [4.78, 5) is 25.5. The van der Waals surface area contributed by atoms with E-state index in [9.17, 15) is 18.0 Å². The Balaban J connectivity index is 1.54. The molecule has 2 amide bonds. The molecule has 3 aromatic carbocycles. The van der Waals surface area contributed by atoms with Gasteiger partial charge in [-0.05, 0) is 67.1 Å². The van der Waals surface area contributed by atoms with Gasteiger partial charge < -0.3 is 15.1 Å². The Bertz CT molecular complexity index is 1520. The van der Waals surface area contributed by atoms with Gasteiger partial charge in [0.15, 0.2) is 0 Å². The normalized spacial score (nSPS) is 11.1. The Morgan fingerprint density at radius 1 is 0.917 bits per heavy atom. The molecular formula is C26H22ClN3O5S. The lowest BCUT2D eigenvalue weighted by Crippen LogP contribution is -2.24. The van der Waals surface area contributed by atoms with Gasteiger partial charge in [0, 0.05) is 11.3 Å². The molecule has 184 valence electrons. The van der Waals surface area contributed by atoms with Crippen molar-refractivity contribution in [3.8, 4) is 0 Å². The Kier molecular flexibility index (Phi) is 7.42. The lowest BCUT2D eigenvalue weighted by Gasteiger charge is -2.13. The van der Waals surface area contributed by atoms with E-state index in [0.29, 0.717) is 11.4 Å². The number of furan rings is 1. The van der Waals surface area contributed by atoms with E-state index in [4.69, 9.17) is 16.0 Å². The summed E-state index contributed by atoms with van der Waals surface area (Å²) < 4.78 is 33.7. The van der Waals surface area contributed by atoms with Crippen LogP contribution in [-0.2, 0) is 16.6 Å². The molecule has 0 saturated carbocycles. The second-order valence-electron chi connectivity index (χ2n) is 7.88. The van der Waals surface area contributed by atoms with Crippen LogP contribution in [0, 0.1) is 6.92 Å². The van der Waals surface area contributed by atoms with Crippen LogP contribution in [0.5, 0.6) is 0 Å². The fourth-order valence-electron chi connectivity index (χ4n) is 3.43. The van der Waals surface area contributed by atoms with Gasteiger partial charge in [0.25, 0.3) is 21.8 Å². The molecule has 0 spiro atoms. The number of hydrogen-bond donors (Lipinski definition) is 3. The topological polar surface area (TPSA) is 118 Å². The Morgan fingerprint density at radius 3 is 2.47 bits per heavy atom. The molecule has 1 aromatic heterocycles. The van der Waals surface area contributed by atoms with Crippen LogP contribution >= 0.6 is 11.6 Å². The van der Waals surface area contributed by atoms with Crippen LogP contribution in [0.1, 0.15) is 32.0 Å². The van der Waals surface area contributed by atoms with Gasteiger partial charge in [0.05, 0.1) is 29.1 Å². The number of amides is 2. The van der Waals surface area contributed by atoms with Crippen LogP contribution in [0.15, 0.2) is 94.4 Å². The molecule has 4 rings (SSSR count). The number of carbonyl (C=O) groups excluding carboxylic acids is 2. The number of halogens is 1. The first-order chi connectivity index (χ1) is 17.2. The second kappa shape index (κ2) is 10.7. The zero-order valence-corrected chi connectivity index (χ0v) is 20.7. The number of hydrogen-bond acceptors (Lipinski definition) is 5. The number of rotatable bonds is 8. The van der Waals surface area contributed by atoms with Crippen LogP contribution in [0.4, 0.5) is 11.4 Å². The molecule has 0 fully saturated rings. The first kappa shape index (κ1) is 25.0. The van der Waals surface area contributed by atoms with Gasteiger partial charge in [-0.15, -0.1) is 0 Å². The fourth-order valence-corrected chi connectivity index (χ4v) is 5.01. The number of carbonyl (C=O) groups is 2. The van der Waals surface area contributed by atoms with Gasteiger partial charge >= 0.3 is 0 Å². The van der Waals surface area contributed by atoms with Crippen molar-refractivity contribution in [2.45, 2.75) is 18.4 Å². The molecule has 8 nitrogen and oxygen atoms in total. The molecule has 3 N–H and O–H groups in total. The molecule has 0 bridgehead atoms. The lowest BCUT2D eigenvalue weighted by atomic mass is 10.1. The van der Waals surface area contributed by atoms with Crippen molar-refractivity contribution in [3.05, 3.63) is 113 Å². The Labute approximate surface area is 213 Å². The Morgan fingerprint density at radius 2 is 1.72 bits per heavy atom. The molecule has 1 heterocycles. The maximum absolute atomic E-state index is 13.0. The Hall–Kier alpha value is -4.08. The third kappa shape index (κ3) is 5.94. The summed E-state index contributed by atoms with van der Waals surface area (Å²) in [6, 6.07) is 20.7. The predicted octanol–water partition coefficient (Wildman–Crippen LogP) is 5.22. The van der Waals surface area contributed by atoms with Gasteiger partial charge in [-0.3, -0.25) is 14.3 Å². The highest BCUT2D eigenvalue weighted by Gasteiger charge is 2.21. The monoisotopic (exact) mass is 523 g/mol. The first-order valence-corrected chi connectivity index (χ1v) is 12.7. The predicted molar refractivity (Wildman–Crippen MR) is 138 cm³/mol. The number of para-hydroxylation sites is 1. The number of nitrogens with one attached hydrogen (secondary N) is 3. The maximum atomic E-state index is 13.0. The van der Waals surface area contributed by atoms with E-state index in [2.05, 4.69) is 15.4 Å². The van der Waals surface area contributed by atoms with Crippen LogP contribution in [0.25, 0.3) is 0 Å². The van der Waals surface area contributed by atoms with Crippen molar-refractivity contribution in [1.29, 1.82) is 0 Å². The average molecular weight is 524 g/mol. The van der Waals surface area contributed by atoms with E-state index >= 15 is 0 Å². The zero-order chi connectivity index (χ0) is 25.7. The first-order valence-electron chi connectivity index (χ1n) is 10.8. The molecule has 0 aliphatic carbocycles. The third-order valence-corrected chi connectivity index (χ3v) is 7.04. The summed E-state index contributed by atoms with van der Waals surface area (Å²) in [5.74, 6) is -0.437. The van der Waals surface area contributed by atoms with E-state index in [1.165, 1.54) is 24.5 Å². The van der Waals surface area contributed by atoms with Crippen molar-refractivity contribution in [3.63, 3.8) is 0 Å². The van der Waals surface area contributed by atoms with E-state index in [1.54, 1.807) is 54.6 Å². The summed E-state index contributed by atoms with van der Waals surface area (Å²) in [7, 11) is -4.08. The van der Waals surface area contributed by atoms with E-state index in [1.807, 2.05) is 13.0 Å². The van der Waals surface area contributed by atoms with Crippen LogP contribution in [0.3, 0.4) is 0 Å². The zero-order valence-electron chi connectivity index (χ0n) is 19.1. The van der Waals surface area contributed by atoms with Crippen molar-refractivity contribution in [2.75, 3.05) is 10.0 Å². The minimum Gasteiger partial charge on any atom is -0.467 e. The summed E-state index contributed by atoms with van der Waals surface area (Å²) >= 11 is 6.18. The van der Waals surface area contributed by atoms with Crippen molar-refractivity contribution in [2.24, 2.45) is 0 Å². The highest BCUT2D eigenvalue weighted by Crippen LogP contribution is 2.26. The molecule has 0 atom stereocenters. The SMILES string of the molecule is Cc1cccc(NS(=O)(=O)c2cc(C(=O)Nc3ccccc3C(=O)NCc3ccco3)ccc2Cl)c1. The molecule has 0 aliphatic rings. The number of anilines is 2. The standard InChI is InChI=1S/C26H22ClN3O5S/c1-17-6-4-7-19(14-17)30-36(33,34)24-15-18(11-12-22(24)27)25(31)29-23-10-3-2-9-21(23)26(32)28-16-20-8-5-13-35-20/h2-15,30H,16H2,1H3,(H,28,32)(H,29,31). The average Bonchev–Trinajstić information content (AvgIpc) is 3.36. The van der Waals surface area contributed by atoms with E-state index in [0.717, 1.165) is 5.56 Å². The molecule has 10 heteroatoms. The third-order valence-electron chi connectivity index (χ3n) is 5.18. The summed E-state index contributed by atoms with van der Waals surface area (Å²) in [6.07, 6.45) is 1.51. The highest BCUT2D eigenvalue weighted by atomic mass is 35.5. The van der Waals surface area contributed by atoms with Crippen LogP contribution in [0.2, 0.25) is 5.02 Å². The minimum absolute atomic E-state index is 0.0376. The number of benzene rings is 3. The smallest absolute Gasteiger partial charge is 0.263 e. The summed E-state index contributed by atoms with van der Waals surface area (Å²) in [5.41, 5.74) is 1.79. The molecular weight excluding hydrogens is 502 g/mol. The largest absolute Gasteiger partial charge is 0.467 e. The lowest BCUT2D eigenvalue weighted by molar-refractivity contribution is 0.0949. The van der Waals surface area contributed by atoms with Crippen molar-refractivity contribution in [1.82, 2.24) is 5.32 Å². The van der Waals surface area contributed by atoms with E-state index < -0.39 is 21.8 Å². The second-order valence-corrected chi connectivity index (χ2v) is 9.94. The van der Waals surface area contributed by atoms with Crippen molar-refractivity contribution >= 4 is 44.8 Å². The minimum atomic E-state index is -4.08. The van der Waals surface area contributed by atoms with Gasteiger partial charge in [0.1, 0.15) is 10.7 Å². The molecule has 0 unspecified atom stereocenters.